The zero-order valence-corrected chi connectivity index (χ0v) is 15.1. The fourth-order valence-electron chi connectivity index (χ4n) is 3.88. The molecule has 0 unspecified atom stereocenters. The molecule has 136 valence electrons. The summed E-state index contributed by atoms with van der Waals surface area (Å²) in [5, 5.41) is 0. The normalized spacial score (nSPS) is 23.3. The van der Waals surface area contributed by atoms with E-state index in [9.17, 15) is 4.79 Å². The monoisotopic (exact) mass is 352 g/mol. The smallest absolute Gasteiger partial charge is 0.410 e. The van der Waals surface area contributed by atoms with Gasteiger partial charge < -0.3 is 14.4 Å². The maximum atomic E-state index is 11.8. The van der Waals surface area contributed by atoms with Crippen molar-refractivity contribution in [2.45, 2.75) is 25.0 Å². The van der Waals surface area contributed by atoms with Gasteiger partial charge in [-0.3, -0.25) is 4.90 Å². The summed E-state index contributed by atoms with van der Waals surface area (Å²) in [5.41, 5.74) is 0.903. The van der Waals surface area contributed by atoms with Crippen LogP contribution in [-0.4, -0.2) is 48.2 Å². The van der Waals surface area contributed by atoms with E-state index >= 15 is 0 Å². The van der Waals surface area contributed by atoms with E-state index in [1.165, 1.54) is 5.56 Å². The number of hydrogen-bond donors (Lipinski definition) is 0. The number of hydrogen-bond acceptors (Lipinski definition) is 4. The number of ether oxygens (including phenoxy) is 2. The molecule has 26 heavy (non-hydrogen) atoms. The third-order valence-corrected chi connectivity index (χ3v) is 5.07. The van der Waals surface area contributed by atoms with E-state index in [-0.39, 0.29) is 11.7 Å². The lowest BCUT2D eigenvalue weighted by Crippen LogP contribution is -2.50. The summed E-state index contributed by atoms with van der Waals surface area (Å²) in [5.74, 6) is 1.67. The maximum Gasteiger partial charge on any atom is 0.410 e. The van der Waals surface area contributed by atoms with Gasteiger partial charge in [-0.05, 0) is 49.2 Å². The van der Waals surface area contributed by atoms with Crippen LogP contribution in [0, 0.1) is 0 Å². The van der Waals surface area contributed by atoms with Gasteiger partial charge in [-0.1, -0.05) is 30.3 Å². The quantitative estimate of drug-likeness (QED) is 0.837. The van der Waals surface area contributed by atoms with Crippen molar-refractivity contribution in [3.05, 3.63) is 60.2 Å². The standard InChI is InChI=1S/C21H24N2O3/c1-22-15-21(26-20(22)24)12-5-13-23(16-21)14-17-8-10-19(11-9-17)25-18-6-3-2-4-7-18/h2-4,6-11H,5,12-16H2,1H3/t21-/m0/s1. The highest BCUT2D eigenvalue weighted by Crippen LogP contribution is 2.32. The Labute approximate surface area is 154 Å². The molecule has 5 nitrogen and oxygen atoms in total. The predicted octanol–water partition coefficient (Wildman–Crippen LogP) is 3.90. The van der Waals surface area contributed by atoms with Crippen molar-refractivity contribution in [1.82, 2.24) is 9.80 Å². The molecule has 0 radical (unpaired) electrons. The molecule has 2 aliphatic rings. The van der Waals surface area contributed by atoms with Crippen LogP contribution in [0.3, 0.4) is 0 Å². The van der Waals surface area contributed by atoms with Crippen molar-refractivity contribution in [3.63, 3.8) is 0 Å². The summed E-state index contributed by atoms with van der Waals surface area (Å²) >= 11 is 0. The summed E-state index contributed by atoms with van der Waals surface area (Å²) < 4.78 is 11.5. The van der Waals surface area contributed by atoms with Gasteiger partial charge in [-0.2, -0.15) is 0 Å². The molecule has 5 heteroatoms. The zero-order chi connectivity index (χ0) is 18.0. The molecule has 0 aliphatic carbocycles. The number of piperidine rings is 1. The van der Waals surface area contributed by atoms with E-state index in [0.29, 0.717) is 6.54 Å². The molecule has 2 aromatic carbocycles. The molecule has 0 aromatic heterocycles. The van der Waals surface area contributed by atoms with Crippen molar-refractivity contribution in [1.29, 1.82) is 0 Å². The second-order valence-corrected chi connectivity index (χ2v) is 7.28. The Morgan fingerprint density at radius 1 is 1.04 bits per heavy atom. The average Bonchev–Trinajstić information content (AvgIpc) is 2.90. The molecule has 1 spiro atoms. The van der Waals surface area contributed by atoms with Crippen LogP contribution in [-0.2, 0) is 11.3 Å². The summed E-state index contributed by atoms with van der Waals surface area (Å²) in [6.45, 7) is 3.37. The van der Waals surface area contributed by atoms with Crippen LogP contribution in [0.1, 0.15) is 18.4 Å². The van der Waals surface area contributed by atoms with Crippen molar-refractivity contribution < 1.29 is 14.3 Å². The average molecular weight is 352 g/mol. The van der Waals surface area contributed by atoms with Gasteiger partial charge in [0.2, 0.25) is 0 Å². The van der Waals surface area contributed by atoms with Crippen LogP contribution >= 0.6 is 0 Å². The van der Waals surface area contributed by atoms with Gasteiger partial charge in [0.15, 0.2) is 0 Å². The van der Waals surface area contributed by atoms with Gasteiger partial charge in [0, 0.05) is 20.1 Å². The lowest BCUT2D eigenvalue weighted by Gasteiger charge is -2.38. The number of nitrogens with zero attached hydrogens (tertiary/aromatic N) is 2. The minimum absolute atomic E-state index is 0.200. The molecular formula is C21H24N2O3. The van der Waals surface area contributed by atoms with E-state index in [2.05, 4.69) is 17.0 Å². The second kappa shape index (κ2) is 7.00. The van der Waals surface area contributed by atoms with Crippen molar-refractivity contribution >= 4 is 6.09 Å². The molecule has 0 N–H and O–H groups in total. The number of benzene rings is 2. The van der Waals surface area contributed by atoms with Crippen molar-refractivity contribution in [3.8, 4) is 11.5 Å². The molecule has 2 heterocycles. The van der Waals surface area contributed by atoms with E-state index in [1.807, 2.05) is 49.5 Å². The van der Waals surface area contributed by atoms with Crippen LogP contribution < -0.4 is 4.74 Å². The van der Waals surface area contributed by atoms with Gasteiger partial charge in [0.05, 0.1) is 6.54 Å². The van der Waals surface area contributed by atoms with Crippen molar-refractivity contribution in [2.75, 3.05) is 26.7 Å². The number of likely N-dealkylation sites (N-methyl/N-ethyl adjacent to an activating group) is 1. The number of likely N-dealkylation sites (tertiary alicyclic amines) is 1. The number of carbonyl (C=O) groups is 1. The van der Waals surface area contributed by atoms with Gasteiger partial charge in [0.25, 0.3) is 0 Å². The molecule has 2 saturated heterocycles. The van der Waals surface area contributed by atoms with Crippen LogP contribution in [0.5, 0.6) is 11.5 Å². The van der Waals surface area contributed by atoms with Crippen molar-refractivity contribution in [2.24, 2.45) is 0 Å². The van der Waals surface area contributed by atoms with Crippen LogP contribution in [0.15, 0.2) is 54.6 Å². The highest BCUT2D eigenvalue weighted by Gasteiger charge is 2.46. The number of carbonyl (C=O) groups excluding carboxylic acids is 1. The highest BCUT2D eigenvalue weighted by molar-refractivity contribution is 5.70. The Bertz CT molecular complexity index is 763. The Morgan fingerprint density at radius 2 is 1.77 bits per heavy atom. The first-order valence-electron chi connectivity index (χ1n) is 9.10. The Kier molecular flexibility index (Phi) is 4.55. The Balaban J connectivity index is 1.37. The molecule has 2 aliphatic heterocycles. The van der Waals surface area contributed by atoms with Gasteiger partial charge in [0.1, 0.15) is 17.1 Å². The Hall–Kier alpha value is -2.53. The van der Waals surface area contributed by atoms with E-state index in [1.54, 1.807) is 4.90 Å². The SMILES string of the molecule is CN1C[C@]2(CCCN(Cc3ccc(Oc4ccccc4)cc3)C2)OC1=O. The largest absolute Gasteiger partial charge is 0.457 e. The topological polar surface area (TPSA) is 42.0 Å². The van der Waals surface area contributed by atoms with Crippen LogP contribution in [0.2, 0.25) is 0 Å². The number of amides is 1. The molecule has 2 aromatic rings. The van der Waals surface area contributed by atoms with Crippen LogP contribution in [0.4, 0.5) is 4.79 Å². The Morgan fingerprint density at radius 3 is 2.46 bits per heavy atom. The third-order valence-electron chi connectivity index (χ3n) is 5.07. The number of rotatable bonds is 4. The maximum absolute atomic E-state index is 11.8. The molecule has 0 saturated carbocycles. The van der Waals surface area contributed by atoms with E-state index in [4.69, 9.17) is 9.47 Å². The third kappa shape index (κ3) is 3.68. The minimum Gasteiger partial charge on any atom is -0.457 e. The molecule has 1 atom stereocenters. The highest BCUT2D eigenvalue weighted by atomic mass is 16.6. The summed E-state index contributed by atoms with van der Waals surface area (Å²) in [4.78, 5) is 15.8. The second-order valence-electron chi connectivity index (χ2n) is 7.28. The summed E-state index contributed by atoms with van der Waals surface area (Å²) in [6, 6.07) is 18.0. The summed E-state index contributed by atoms with van der Waals surface area (Å²) in [6.07, 6.45) is 1.80. The van der Waals surface area contributed by atoms with Gasteiger partial charge >= 0.3 is 6.09 Å². The predicted molar refractivity (Wildman–Crippen MR) is 99.3 cm³/mol. The lowest BCUT2D eigenvalue weighted by atomic mass is 9.92. The fraction of sp³-hybridized carbons (Fsp3) is 0.381. The summed E-state index contributed by atoms with van der Waals surface area (Å²) in [7, 11) is 1.81. The van der Waals surface area contributed by atoms with Gasteiger partial charge in [-0.25, -0.2) is 4.79 Å². The minimum atomic E-state index is -0.333. The first kappa shape index (κ1) is 16.9. The van der Waals surface area contributed by atoms with Gasteiger partial charge in [-0.15, -0.1) is 0 Å². The molecular weight excluding hydrogens is 328 g/mol. The first-order valence-corrected chi connectivity index (χ1v) is 9.10. The zero-order valence-electron chi connectivity index (χ0n) is 15.1. The van der Waals surface area contributed by atoms with E-state index in [0.717, 1.165) is 44.0 Å². The molecule has 2 fully saturated rings. The fourth-order valence-corrected chi connectivity index (χ4v) is 3.88. The lowest BCUT2D eigenvalue weighted by molar-refractivity contribution is -0.0113. The molecule has 4 rings (SSSR count). The van der Waals surface area contributed by atoms with E-state index < -0.39 is 0 Å². The number of para-hydroxylation sites is 1. The van der Waals surface area contributed by atoms with Crippen LogP contribution in [0.25, 0.3) is 0 Å². The molecule has 1 amide bonds. The molecule has 0 bridgehead atoms. The first-order chi connectivity index (χ1) is 12.6.